The van der Waals surface area contributed by atoms with Crippen molar-refractivity contribution in [1.29, 1.82) is 0 Å². The largest absolute Gasteiger partial charge is 0.320 e. The topological polar surface area (TPSA) is 55.6 Å². The van der Waals surface area contributed by atoms with Crippen molar-refractivity contribution in [1.82, 2.24) is 0 Å². The van der Waals surface area contributed by atoms with Crippen LogP contribution >= 0.6 is 12.4 Å². The molecule has 1 aromatic carbocycles. The molecule has 82 valence electrons. The summed E-state index contributed by atoms with van der Waals surface area (Å²) in [5, 5.41) is 1.25. The number of hydrogen-bond donors (Lipinski definition) is 1. The lowest BCUT2D eigenvalue weighted by Crippen LogP contribution is -2.48. The Labute approximate surface area is 94.4 Å². The van der Waals surface area contributed by atoms with Gasteiger partial charge in [0.1, 0.15) is 0 Å². The van der Waals surface area contributed by atoms with Gasteiger partial charge in [0.15, 0.2) is 0 Å². The lowest BCUT2D eigenvalue weighted by molar-refractivity contribution is -0.126. The monoisotopic (exact) mass is 228 g/mol. The molecule has 4 nitrogen and oxygen atoms in total. The zero-order chi connectivity index (χ0) is 10.1. The quantitative estimate of drug-likeness (QED) is 0.777. The molecule has 1 aromatic rings. The minimum Gasteiger partial charge on any atom is -0.320 e. The number of nitrogens with zero attached hydrogens (tertiary/aromatic N) is 1. The number of para-hydroxylation sites is 1. The smallest absolute Gasteiger partial charge is 0.268 e. The number of carbonyl (C=O) groups excluding carboxylic acids is 1. The van der Waals surface area contributed by atoms with Crippen LogP contribution in [0.3, 0.4) is 0 Å². The number of rotatable bonds is 1. The number of carbonyl (C=O) groups is 1. The van der Waals surface area contributed by atoms with E-state index in [1.165, 1.54) is 12.2 Å². The molecule has 2 N–H and O–H groups in total. The summed E-state index contributed by atoms with van der Waals surface area (Å²) in [7, 11) is 1.46. The van der Waals surface area contributed by atoms with Gasteiger partial charge in [0.05, 0.1) is 18.8 Å². The molecule has 1 aliphatic rings. The third-order valence-electron chi connectivity index (χ3n) is 2.35. The van der Waals surface area contributed by atoms with Crippen molar-refractivity contribution in [3.05, 3.63) is 29.8 Å². The summed E-state index contributed by atoms with van der Waals surface area (Å²) in [6, 6.07) is 7.10. The molecule has 0 saturated heterocycles. The first-order valence-corrected chi connectivity index (χ1v) is 4.45. The van der Waals surface area contributed by atoms with Gasteiger partial charge in [0, 0.05) is 0 Å². The summed E-state index contributed by atoms with van der Waals surface area (Å²) in [5.74, 6) is -0.189. The third-order valence-corrected chi connectivity index (χ3v) is 2.35. The van der Waals surface area contributed by atoms with E-state index in [9.17, 15) is 4.79 Å². The van der Waals surface area contributed by atoms with Crippen molar-refractivity contribution in [2.45, 2.75) is 12.5 Å². The second-order valence-electron chi connectivity index (χ2n) is 3.25. The maximum absolute atomic E-state index is 11.6. The molecule has 0 fully saturated rings. The van der Waals surface area contributed by atoms with E-state index in [1.807, 2.05) is 24.3 Å². The first-order valence-electron chi connectivity index (χ1n) is 4.45. The number of hydroxylamine groups is 1. The van der Waals surface area contributed by atoms with Crippen molar-refractivity contribution in [2.75, 3.05) is 12.2 Å². The highest BCUT2D eigenvalue weighted by atomic mass is 35.5. The Morgan fingerprint density at radius 1 is 1.47 bits per heavy atom. The minimum absolute atomic E-state index is 0. The van der Waals surface area contributed by atoms with E-state index in [0.717, 1.165) is 11.3 Å². The van der Waals surface area contributed by atoms with Crippen LogP contribution < -0.4 is 10.8 Å². The average molecular weight is 229 g/mol. The second kappa shape index (κ2) is 4.61. The Balaban J connectivity index is 0.00000112. The summed E-state index contributed by atoms with van der Waals surface area (Å²) in [6.45, 7) is 0. The predicted octanol–water partition coefficient (Wildman–Crippen LogP) is 0.886. The average Bonchev–Trinajstić information content (AvgIpc) is 2.20. The van der Waals surface area contributed by atoms with E-state index in [4.69, 9.17) is 10.6 Å². The van der Waals surface area contributed by atoms with Crippen LogP contribution in [-0.2, 0) is 16.1 Å². The van der Waals surface area contributed by atoms with Gasteiger partial charge in [-0.1, -0.05) is 18.2 Å². The lowest BCUT2D eigenvalue weighted by atomic mass is 9.99. The third kappa shape index (κ3) is 1.97. The van der Waals surface area contributed by atoms with Crippen LogP contribution in [0.25, 0.3) is 0 Å². The molecule has 0 bridgehead atoms. The fourth-order valence-electron chi connectivity index (χ4n) is 1.66. The lowest BCUT2D eigenvalue weighted by Gasteiger charge is -2.30. The van der Waals surface area contributed by atoms with Crippen LogP contribution in [0.1, 0.15) is 5.56 Å². The molecule has 0 aliphatic carbocycles. The molecule has 15 heavy (non-hydrogen) atoms. The molecule has 1 atom stereocenters. The molecular formula is C10H13ClN2O2. The Morgan fingerprint density at radius 3 is 2.80 bits per heavy atom. The van der Waals surface area contributed by atoms with Crippen molar-refractivity contribution in [3.8, 4) is 0 Å². The molecule has 1 heterocycles. The van der Waals surface area contributed by atoms with E-state index < -0.39 is 6.04 Å². The van der Waals surface area contributed by atoms with Gasteiger partial charge in [-0.25, -0.2) is 0 Å². The van der Waals surface area contributed by atoms with Gasteiger partial charge in [-0.3, -0.25) is 9.63 Å². The highest BCUT2D eigenvalue weighted by Crippen LogP contribution is 2.26. The summed E-state index contributed by atoms with van der Waals surface area (Å²) >= 11 is 0. The molecule has 0 saturated carbocycles. The maximum atomic E-state index is 11.6. The molecule has 0 radical (unpaired) electrons. The molecule has 0 aromatic heterocycles. The van der Waals surface area contributed by atoms with Crippen molar-refractivity contribution in [2.24, 2.45) is 5.73 Å². The maximum Gasteiger partial charge on any atom is 0.268 e. The fourth-order valence-corrected chi connectivity index (χ4v) is 1.66. The number of benzene rings is 1. The number of hydrogen-bond acceptors (Lipinski definition) is 3. The summed E-state index contributed by atoms with van der Waals surface area (Å²) < 4.78 is 0. The molecule has 1 amide bonds. The fraction of sp³-hybridized carbons (Fsp3) is 0.300. The van der Waals surface area contributed by atoms with Crippen LogP contribution in [0.5, 0.6) is 0 Å². The van der Waals surface area contributed by atoms with E-state index in [0.29, 0.717) is 6.42 Å². The zero-order valence-corrected chi connectivity index (χ0v) is 9.16. The molecule has 5 heteroatoms. The molecule has 1 aliphatic heterocycles. The zero-order valence-electron chi connectivity index (χ0n) is 8.34. The van der Waals surface area contributed by atoms with Crippen LogP contribution in [-0.4, -0.2) is 19.1 Å². The molecule has 0 unspecified atom stereocenters. The SMILES string of the molecule is CON1C(=O)[C@@H](N)Cc2ccccc21.Cl. The number of amides is 1. The minimum atomic E-state index is -0.496. The van der Waals surface area contributed by atoms with Gasteiger partial charge in [-0.2, -0.15) is 5.06 Å². The summed E-state index contributed by atoms with van der Waals surface area (Å²) in [4.78, 5) is 16.6. The van der Waals surface area contributed by atoms with Crippen molar-refractivity contribution >= 4 is 24.0 Å². The van der Waals surface area contributed by atoms with E-state index in [2.05, 4.69) is 0 Å². The predicted molar refractivity (Wildman–Crippen MR) is 59.9 cm³/mol. The molecule has 2 rings (SSSR count). The Morgan fingerprint density at radius 2 is 2.13 bits per heavy atom. The van der Waals surface area contributed by atoms with Crippen molar-refractivity contribution in [3.63, 3.8) is 0 Å². The Hall–Kier alpha value is -1.10. The van der Waals surface area contributed by atoms with Crippen LogP contribution in [0.4, 0.5) is 5.69 Å². The molecule has 0 spiro atoms. The van der Waals surface area contributed by atoms with Gasteiger partial charge in [-0.05, 0) is 18.1 Å². The standard InChI is InChI=1S/C10H12N2O2.ClH/c1-14-12-9-5-3-2-4-7(9)6-8(11)10(12)13;/h2-5,8H,6,11H2,1H3;1H/t8-;/m0./s1. The summed E-state index contributed by atoms with van der Waals surface area (Å²) in [6.07, 6.45) is 0.578. The van der Waals surface area contributed by atoms with E-state index in [1.54, 1.807) is 0 Å². The van der Waals surface area contributed by atoms with E-state index >= 15 is 0 Å². The van der Waals surface area contributed by atoms with Gasteiger partial charge in [-0.15, -0.1) is 12.4 Å². The van der Waals surface area contributed by atoms with Gasteiger partial charge in [0.25, 0.3) is 5.91 Å². The first-order chi connectivity index (χ1) is 6.74. The van der Waals surface area contributed by atoms with Crippen LogP contribution in [0, 0.1) is 0 Å². The first kappa shape index (κ1) is 12.0. The number of fused-ring (bicyclic) bond motifs is 1. The van der Waals surface area contributed by atoms with Gasteiger partial charge < -0.3 is 5.73 Å². The normalized spacial score (nSPS) is 19.5. The number of nitrogens with two attached hydrogens (primary N) is 1. The number of anilines is 1. The van der Waals surface area contributed by atoms with Gasteiger partial charge >= 0.3 is 0 Å². The summed E-state index contributed by atoms with van der Waals surface area (Å²) in [5.41, 5.74) is 7.52. The van der Waals surface area contributed by atoms with E-state index in [-0.39, 0.29) is 18.3 Å². The van der Waals surface area contributed by atoms with Crippen LogP contribution in [0.2, 0.25) is 0 Å². The molecular weight excluding hydrogens is 216 g/mol. The highest BCUT2D eigenvalue weighted by molar-refractivity contribution is 5.98. The highest BCUT2D eigenvalue weighted by Gasteiger charge is 2.30. The Bertz CT molecular complexity index is 370. The van der Waals surface area contributed by atoms with Crippen molar-refractivity contribution < 1.29 is 9.63 Å². The Kier molecular flexibility index (Phi) is 3.68. The van der Waals surface area contributed by atoms with Gasteiger partial charge in [0.2, 0.25) is 0 Å². The van der Waals surface area contributed by atoms with Crippen LogP contribution in [0.15, 0.2) is 24.3 Å². The number of halogens is 1. The second-order valence-corrected chi connectivity index (χ2v) is 3.25.